The molecule has 0 aliphatic heterocycles. The van der Waals surface area contributed by atoms with Gasteiger partial charge in [-0.2, -0.15) is 0 Å². The third-order valence-corrected chi connectivity index (χ3v) is 6.90. The van der Waals surface area contributed by atoms with Crippen LogP contribution in [0.1, 0.15) is 54.9 Å². The van der Waals surface area contributed by atoms with Crippen molar-refractivity contribution < 1.29 is 13.2 Å². The number of benzene rings is 2. The molecule has 1 N–H and O–H groups in total. The van der Waals surface area contributed by atoms with Gasteiger partial charge in [-0.1, -0.05) is 85.7 Å². The number of hydrogen-bond acceptors (Lipinski definition) is 4. The van der Waals surface area contributed by atoms with Gasteiger partial charge in [0.25, 0.3) is 15.9 Å². The Labute approximate surface area is 228 Å². The summed E-state index contributed by atoms with van der Waals surface area (Å²) in [5.41, 5.74) is 2.98. The Morgan fingerprint density at radius 2 is 1.81 bits per heavy atom. The highest BCUT2D eigenvalue weighted by Gasteiger charge is 2.15. The van der Waals surface area contributed by atoms with Crippen molar-refractivity contribution in [2.75, 3.05) is 0 Å². The Balaban J connectivity index is 1.81. The molecule has 0 bridgehead atoms. The van der Waals surface area contributed by atoms with Gasteiger partial charge in [0.1, 0.15) is 5.82 Å². The van der Waals surface area contributed by atoms with Crippen molar-refractivity contribution >= 4 is 45.2 Å². The zero-order chi connectivity index (χ0) is 26.8. The fraction of sp³-hybridized carbons (Fsp3) is 0.214. The lowest BCUT2D eigenvalue weighted by molar-refractivity contribution is -0.114. The molecule has 1 heterocycles. The van der Waals surface area contributed by atoms with Gasteiger partial charge in [0.15, 0.2) is 5.15 Å². The van der Waals surface area contributed by atoms with Crippen LogP contribution in [0.25, 0.3) is 6.08 Å². The highest BCUT2D eigenvalue weighted by atomic mass is 35.5. The van der Waals surface area contributed by atoms with E-state index >= 15 is 0 Å². The number of aryl methyl sites for hydroxylation is 1. The molecule has 6 nitrogen and oxygen atoms in total. The van der Waals surface area contributed by atoms with E-state index in [1.54, 1.807) is 6.07 Å². The predicted molar refractivity (Wildman–Crippen MR) is 150 cm³/mol. The summed E-state index contributed by atoms with van der Waals surface area (Å²) >= 11 is 12.9. The molecule has 2 aromatic carbocycles. The summed E-state index contributed by atoms with van der Waals surface area (Å²) in [4.78, 5) is 16.6. The van der Waals surface area contributed by atoms with E-state index in [2.05, 4.69) is 16.8 Å². The summed E-state index contributed by atoms with van der Waals surface area (Å²) in [6.07, 6.45) is 6.06. The van der Waals surface area contributed by atoms with Gasteiger partial charge in [0.05, 0.1) is 12.2 Å². The van der Waals surface area contributed by atoms with Gasteiger partial charge in [-0.05, 0) is 42.3 Å². The maximum absolute atomic E-state index is 12.3. The summed E-state index contributed by atoms with van der Waals surface area (Å²) in [6, 6.07) is 15.3. The minimum atomic E-state index is -3.87. The SMILES string of the molecule is CCC/C=C/S(=O)(=O)NC(=O)/C=C/c1c(Cl)nc(CC)n1Cc1ccc(C#Cc2ccccc2)cc1Cl. The third kappa shape index (κ3) is 8.36. The molecule has 0 fully saturated rings. The molecule has 1 amide bonds. The van der Waals surface area contributed by atoms with Crippen molar-refractivity contribution in [1.82, 2.24) is 14.3 Å². The molecule has 0 saturated carbocycles. The molecular formula is C28H27Cl2N3O3S. The number of sulfonamides is 1. The first-order valence-electron chi connectivity index (χ1n) is 11.7. The zero-order valence-corrected chi connectivity index (χ0v) is 22.9. The average Bonchev–Trinajstić information content (AvgIpc) is 3.17. The smallest absolute Gasteiger partial charge is 0.257 e. The fourth-order valence-corrected chi connectivity index (χ4v) is 4.71. The minimum Gasteiger partial charge on any atom is -0.323 e. The largest absolute Gasteiger partial charge is 0.323 e. The fourth-order valence-electron chi connectivity index (χ4n) is 3.40. The number of nitrogens with zero attached hydrogens (tertiary/aromatic N) is 2. The molecule has 0 saturated heterocycles. The summed E-state index contributed by atoms with van der Waals surface area (Å²) < 4.78 is 27.9. The molecule has 9 heteroatoms. The monoisotopic (exact) mass is 555 g/mol. The molecule has 0 aliphatic rings. The maximum Gasteiger partial charge on any atom is 0.257 e. The molecular weight excluding hydrogens is 529 g/mol. The zero-order valence-electron chi connectivity index (χ0n) is 20.5. The summed E-state index contributed by atoms with van der Waals surface area (Å²) in [6.45, 7) is 4.22. The Kier molecular flexibility index (Phi) is 10.2. The van der Waals surface area contributed by atoms with E-state index in [9.17, 15) is 13.2 Å². The van der Waals surface area contributed by atoms with Crippen LogP contribution >= 0.6 is 23.2 Å². The molecule has 0 unspecified atom stereocenters. The highest BCUT2D eigenvalue weighted by Crippen LogP contribution is 2.25. The molecule has 3 aromatic rings. The first kappa shape index (κ1) is 28.3. The van der Waals surface area contributed by atoms with Crippen molar-refractivity contribution in [3.8, 4) is 11.8 Å². The van der Waals surface area contributed by atoms with Gasteiger partial charge in [-0.25, -0.2) is 18.1 Å². The van der Waals surface area contributed by atoms with Crippen molar-refractivity contribution in [1.29, 1.82) is 0 Å². The van der Waals surface area contributed by atoms with Gasteiger partial charge in [-0.15, -0.1) is 0 Å². The number of imidazole rings is 1. The van der Waals surface area contributed by atoms with Crippen LogP contribution in [0, 0.1) is 11.8 Å². The minimum absolute atomic E-state index is 0.202. The van der Waals surface area contributed by atoms with E-state index in [0.29, 0.717) is 35.9 Å². The number of amides is 1. The van der Waals surface area contributed by atoms with Crippen molar-refractivity contribution in [2.45, 2.75) is 39.7 Å². The Hall–Kier alpha value is -3.31. The lowest BCUT2D eigenvalue weighted by Crippen LogP contribution is -2.27. The Morgan fingerprint density at radius 3 is 2.49 bits per heavy atom. The van der Waals surface area contributed by atoms with E-state index in [0.717, 1.165) is 34.6 Å². The van der Waals surface area contributed by atoms with Crippen LogP contribution in [0.3, 0.4) is 0 Å². The maximum atomic E-state index is 12.3. The van der Waals surface area contributed by atoms with Crippen LogP contribution in [0.15, 0.2) is 66.1 Å². The number of hydrogen-bond donors (Lipinski definition) is 1. The quantitative estimate of drug-likeness (QED) is 0.260. The van der Waals surface area contributed by atoms with E-state index in [-0.39, 0.29) is 5.15 Å². The highest BCUT2D eigenvalue weighted by molar-refractivity contribution is 7.92. The van der Waals surface area contributed by atoms with E-state index in [1.807, 2.05) is 65.6 Å². The van der Waals surface area contributed by atoms with Gasteiger partial charge in [0, 0.05) is 34.1 Å². The number of unbranched alkanes of at least 4 members (excludes halogenated alkanes) is 1. The van der Waals surface area contributed by atoms with Crippen LogP contribution in [-0.4, -0.2) is 23.9 Å². The lowest BCUT2D eigenvalue weighted by atomic mass is 10.1. The topological polar surface area (TPSA) is 81.1 Å². The lowest BCUT2D eigenvalue weighted by Gasteiger charge is -2.11. The first-order chi connectivity index (χ1) is 17.7. The van der Waals surface area contributed by atoms with E-state index in [1.165, 1.54) is 12.2 Å². The van der Waals surface area contributed by atoms with Gasteiger partial charge < -0.3 is 4.57 Å². The molecule has 192 valence electrons. The van der Waals surface area contributed by atoms with Crippen LogP contribution < -0.4 is 4.72 Å². The molecule has 37 heavy (non-hydrogen) atoms. The number of rotatable bonds is 9. The second-order valence-corrected chi connectivity index (χ2v) is 10.4. The summed E-state index contributed by atoms with van der Waals surface area (Å²) in [5.74, 6) is 6.13. The summed E-state index contributed by atoms with van der Waals surface area (Å²) in [5, 5.41) is 1.72. The van der Waals surface area contributed by atoms with Crippen LogP contribution in [0.5, 0.6) is 0 Å². The second-order valence-electron chi connectivity index (χ2n) is 8.07. The number of halogens is 2. The Bertz CT molecular complexity index is 1480. The van der Waals surface area contributed by atoms with Crippen LogP contribution in [0.4, 0.5) is 0 Å². The molecule has 0 atom stereocenters. The first-order valence-corrected chi connectivity index (χ1v) is 14.0. The third-order valence-electron chi connectivity index (χ3n) is 5.23. The van der Waals surface area contributed by atoms with Crippen LogP contribution in [-0.2, 0) is 27.8 Å². The second kappa shape index (κ2) is 13.3. The average molecular weight is 557 g/mol. The molecule has 3 rings (SSSR count). The van der Waals surface area contributed by atoms with Crippen molar-refractivity contribution in [3.63, 3.8) is 0 Å². The van der Waals surface area contributed by atoms with Crippen LogP contribution in [0.2, 0.25) is 10.2 Å². The van der Waals surface area contributed by atoms with Crippen molar-refractivity contribution in [3.05, 3.63) is 104 Å². The molecule has 0 aliphatic carbocycles. The van der Waals surface area contributed by atoms with E-state index < -0.39 is 15.9 Å². The normalized spacial score (nSPS) is 11.6. The number of allylic oxidation sites excluding steroid dienone is 1. The summed E-state index contributed by atoms with van der Waals surface area (Å²) in [7, 11) is -3.87. The van der Waals surface area contributed by atoms with Gasteiger partial charge in [0.2, 0.25) is 0 Å². The molecule has 1 aromatic heterocycles. The Morgan fingerprint density at radius 1 is 1.08 bits per heavy atom. The number of aromatic nitrogens is 2. The number of nitrogens with one attached hydrogen (secondary N) is 1. The standard InChI is InChI=1S/C28H27Cl2N3O3S/c1-3-5-9-18-37(35,36)32-27(34)17-16-25-28(30)31-26(4-2)33(25)20-23-15-14-22(19-24(23)29)13-12-21-10-7-6-8-11-21/h6-11,14-19H,3-5,20H2,1-2H3,(H,32,34)/b17-16+,18-9+. The predicted octanol–water partition coefficient (Wildman–Crippen LogP) is 5.97. The molecule has 0 spiro atoms. The molecule has 0 radical (unpaired) electrons. The number of carbonyl (C=O) groups excluding carboxylic acids is 1. The van der Waals surface area contributed by atoms with Gasteiger partial charge in [-0.3, -0.25) is 4.79 Å². The van der Waals surface area contributed by atoms with Gasteiger partial charge >= 0.3 is 0 Å². The van der Waals surface area contributed by atoms with Crippen molar-refractivity contribution in [2.24, 2.45) is 0 Å². The number of carbonyl (C=O) groups is 1. The van der Waals surface area contributed by atoms with E-state index in [4.69, 9.17) is 23.2 Å².